The van der Waals surface area contributed by atoms with Crippen LogP contribution in [0.3, 0.4) is 0 Å². The summed E-state index contributed by atoms with van der Waals surface area (Å²) in [4.78, 5) is 6.73. The minimum absolute atomic E-state index is 0.647. The van der Waals surface area contributed by atoms with Gasteiger partial charge in [0.2, 0.25) is 0 Å². The van der Waals surface area contributed by atoms with E-state index in [1.807, 2.05) is 31.9 Å². The van der Waals surface area contributed by atoms with Crippen molar-refractivity contribution in [1.82, 2.24) is 20.4 Å². The Labute approximate surface area is 138 Å². The summed E-state index contributed by atoms with van der Waals surface area (Å²) in [5, 5.41) is 10.8. The highest BCUT2D eigenvalue weighted by Crippen LogP contribution is 2.12. The monoisotopic (exact) mass is 314 g/mol. The van der Waals surface area contributed by atoms with Gasteiger partial charge in [-0.05, 0) is 30.7 Å². The number of hydrogen-bond acceptors (Lipinski definition) is 3. The first-order chi connectivity index (χ1) is 11.1. The van der Waals surface area contributed by atoms with Crippen molar-refractivity contribution in [3.8, 4) is 0 Å². The predicted molar refractivity (Wildman–Crippen MR) is 95.6 cm³/mol. The van der Waals surface area contributed by atoms with E-state index in [9.17, 15) is 0 Å². The molecule has 0 saturated carbocycles. The van der Waals surface area contributed by atoms with Crippen molar-refractivity contribution in [1.29, 1.82) is 0 Å². The first kappa shape index (κ1) is 16.9. The van der Waals surface area contributed by atoms with Crippen LogP contribution in [0.2, 0.25) is 0 Å². The van der Waals surface area contributed by atoms with Crippen molar-refractivity contribution < 1.29 is 0 Å². The summed E-state index contributed by atoms with van der Waals surface area (Å²) in [6.45, 7) is 4.24. The summed E-state index contributed by atoms with van der Waals surface area (Å²) < 4.78 is 1.86. The molecule has 1 aromatic carbocycles. The lowest BCUT2D eigenvalue weighted by Gasteiger charge is -2.13. The van der Waals surface area contributed by atoms with Gasteiger partial charge in [-0.3, -0.25) is 4.68 Å². The van der Waals surface area contributed by atoms with E-state index in [4.69, 9.17) is 0 Å². The van der Waals surface area contributed by atoms with Gasteiger partial charge in [-0.25, -0.2) is 4.99 Å². The van der Waals surface area contributed by atoms with Crippen LogP contribution >= 0.6 is 0 Å². The van der Waals surface area contributed by atoms with Gasteiger partial charge in [-0.15, -0.1) is 0 Å². The smallest absolute Gasteiger partial charge is 0.191 e. The maximum Gasteiger partial charge on any atom is 0.191 e. The van der Waals surface area contributed by atoms with Crippen molar-refractivity contribution in [3.63, 3.8) is 0 Å². The molecule has 0 aliphatic rings. The van der Waals surface area contributed by atoms with E-state index in [1.54, 1.807) is 6.20 Å². The first-order valence-electron chi connectivity index (χ1n) is 7.85. The van der Waals surface area contributed by atoms with Crippen LogP contribution < -0.4 is 15.5 Å². The van der Waals surface area contributed by atoms with Crippen LogP contribution in [0.1, 0.15) is 18.2 Å². The van der Waals surface area contributed by atoms with Gasteiger partial charge in [-0.1, -0.05) is 12.1 Å². The Bertz CT molecular complexity index is 627. The highest BCUT2D eigenvalue weighted by atomic mass is 15.3. The van der Waals surface area contributed by atoms with E-state index in [0.717, 1.165) is 18.2 Å². The second kappa shape index (κ2) is 8.22. The summed E-state index contributed by atoms with van der Waals surface area (Å²) in [5.41, 5.74) is 3.50. The van der Waals surface area contributed by atoms with E-state index >= 15 is 0 Å². The maximum absolute atomic E-state index is 4.64. The molecule has 0 radical (unpaired) electrons. The fourth-order valence-electron chi connectivity index (χ4n) is 2.16. The van der Waals surface area contributed by atoms with Gasteiger partial charge in [0.25, 0.3) is 0 Å². The van der Waals surface area contributed by atoms with Crippen molar-refractivity contribution in [2.75, 3.05) is 25.5 Å². The molecule has 2 rings (SSSR count). The number of aryl methyl sites for hydroxylation is 1. The topological polar surface area (TPSA) is 57.5 Å². The van der Waals surface area contributed by atoms with E-state index in [-0.39, 0.29) is 0 Å². The molecular weight excluding hydrogens is 288 g/mol. The Morgan fingerprint density at radius 1 is 1.17 bits per heavy atom. The Balaban J connectivity index is 1.96. The predicted octanol–water partition coefficient (Wildman–Crippen LogP) is 1.74. The molecule has 0 spiro atoms. The second-order valence-electron chi connectivity index (χ2n) is 5.56. The molecule has 6 heteroatoms. The van der Waals surface area contributed by atoms with E-state index < -0.39 is 0 Å². The van der Waals surface area contributed by atoms with Gasteiger partial charge in [0, 0.05) is 39.6 Å². The molecule has 0 unspecified atom stereocenters. The largest absolute Gasteiger partial charge is 0.378 e. The quantitative estimate of drug-likeness (QED) is 0.630. The average molecular weight is 314 g/mol. The molecule has 0 atom stereocenters. The standard InChI is InChI=1S/C17H26N6/c1-5-18-17(20-13-16-10-11-21-23(16)4)19-12-14-6-8-15(9-7-14)22(2)3/h6-11H,5,12-13H2,1-4H3,(H2,18,19,20). The van der Waals surface area contributed by atoms with Crippen molar-refractivity contribution in [2.24, 2.45) is 12.0 Å². The maximum atomic E-state index is 4.64. The third kappa shape index (κ3) is 5.02. The summed E-state index contributed by atoms with van der Waals surface area (Å²) in [6.07, 6.45) is 1.80. The van der Waals surface area contributed by atoms with Gasteiger partial charge >= 0.3 is 0 Å². The molecule has 0 saturated heterocycles. The minimum atomic E-state index is 0.647. The molecule has 124 valence electrons. The van der Waals surface area contributed by atoms with E-state index in [2.05, 4.69) is 56.8 Å². The average Bonchev–Trinajstić information content (AvgIpc) is 2.95. The summed E-state index contributed by atoms with van der Waals surface area (Å²) >= 11 is 0. The number of aliphatic imine (C=N–C) groups is 1. The van der Waals surface area contributed by atoms with Gasteiger partial charge in [-0.2, -0.15) is 5.10 Å². The van der Waals surface area contributed by atoms with E-state index in [0.29, 0.717) is 13.1 Å². The lowest BCUT2D eigenvalue weighted by molar-refractivity contribution is 0.685. The zero-order valence-corrected chi connectivity index (χ0v) is 14.4. The number of nitrogens with one attached hydrogen (secondary N) is 2. The van der Waals surface area contributed by atoms with Crippen LogP contribution in [0, 0.1) is 0 Å². The normalized spacial score (nSPS) is 11.4. The fourth-order valence-corrected chi connectivity index (χ4v) is 2.16. The lowest BCUT2D eigenvalue weighted by Crippen LogP contribution is -2.37. The van der Waals surface area contributed by atoms with Gasteiger partial charge in [0.05, 0.1) is 18.8 Å². The molecule has 1 heterocycles. The van der Waals surface area contributed by atoms with Crippen LogP contribution in [0.5, 0.6) is 0 Å². The lowest BCUT2D eigenvalue weighted by atomic mass is 10.2. The molecule has 2 aromatic rings. The molecule has 0 aliphatic carbocycles. The van der Waals surface area contributed by atoms with Crippen molar-refractivity contribution in [2.45, 2.75) is 20.0 Å². The molecule has 0 aliphatic heterocycles. The number of guanidine groups is 1. The molecule has 2 N–H and O–H groups in total. The zero-order valence-electron chi connectivity index (χ0n) is 14.4. The third-order valence-corrected chi connectivity index (χ3v) is 3.58. The SMILES string of the molecule is CCNC(=NCc1ccc(N(C)C)cc1)NCc1ccnn1C. The zero-order chi connectivity index (χ0) is 16.7. The number of anilines is 1. The first-order valence-corrected chi connectivity index (χ1v) is 7.85. The minimum Gasteiger partial charge on any atom is -0.378 e. The van der Waals surface area contributed by atoms with Crippen LogP contribution in [0.15, 0.2) is 41.5 Å². The molecule has 1 aromatic heterocycles. The number of rotatable bonds is 6. The Kier molecular flexibility index (Phi) is 6.02. The van der Waals surface area contributed by atoms with Crippen LogP contribution in [-0.4, -0.2) is 36.4 Å². The summed E-state index contributed by atoms with van der Waals surface area (Å²) in [7, 11) is 6.02. The molecule has 0 amide bonds. The van der Waals surface area contributed by atoms with Crippen LogP contribution in [0.25, 0.3) is 0 Å². The van der Waals surface area contributed by atoms with Crippen LogP contribution in [0.4, 0.5) is 5.69 Å². The van der Waals surface area contributed by atoms with Crippen LogP contribution in [-0.2, 0) is 20.1 Å². The number of benzene rings is 1. The summed E-state index contributed by atoms with van der Waals surface area (Å²) in [5.74, 6) is 0.811. The molecule has 6 nitrogen and oxygen atoms in total. The third-order valence-electron chi connectivity index (χ3n) is 3.58. The Morgan fingerprint density at radius 3 is 2.48 bits per heavy atom. The van der Waals surface area contributed by atoms with Gasteiger partial charge < -0.3 is 15.5 Å². The van der Waals surface area contributed by atoms with Crippen molar-refractivity contribution in [3.05, 3.63) is 47.8 Å². The highest BCUT2D eigenvalue weighted by Gasteiger charge is 2.02. The number of aromatic nitrogens is 2. The molecule has 0 fully saturated rings. The number of hydrogen-bond donors (Lipinski definition) is 2. The van der Waals surface area contributed by atoms with Gasteiger partial charge in [0.1, 0.15) is 0 Å². The number of nitrogens with zero attached hydrogens (tertiary/aromatic N) is 4. The van der Waals surface area contributed by atoms with E-state index in [1.165, 1.54) is 11.3 Å². The molecule has 23 heavy (non-hydrogen) atoms. The Hall–Kier alpha value is -2.50. The van der Waals surface area contributed by atoms with Gasteiger partial charge in [0.15, 0.2) is 5.96 Å². The fraction of sp³-hybridized carbons (Fsp3) is 0.412. The van der Waals surface area contributed by atoms with Crippen molar-refractivity contribution >= 4 is 11.6 Å². The molecule has 0 bridgehead atoms. The highest BCUT2D eigenvalue weighted by molar-refractivity contribution is 5.79. The second-order valence-corrected chi connectivity index (χ2v) is 5.56. The summed E-state index contributed by atoms with van der Waals surface area (Å²) in [6, 6.07) is 10.4. The Morgan fingerprint density at radius 2 is 1.91 bits per heavy atom. The molecular formula is C17H26N6.